The molecule has 1 aliphatic carbocycles. The van der Waals surface area contributed by atoms with Crippen LogP contribution in [0.2, 0.25) is 0 Å². The molecule has 2 nitrogen and oxygen atoms in total. The monoisotopic (exact) mass is 260 g/mol. The van der Waals surface area contributed by atoms with E-state index in [0.717, 1.165) is 6.07 Å². The summed E-state index contributed by atoms with van der Waals surface area (Å²) >= 11 is 0. The number of alkyl halides is 2. The zero-order valence-corrected chi connectivity index (χ0v) is 10.3. The fraction of sp³-hybridized carbons (Fsp3) is 0.538. The van der Waals surface area contributed by atoms with E-state index >= 15 is 0 Å². The third-order valence-corrected chi connectivity index (χ3v) is 3.18. The van der Waals surface area contributed by atoms with Crippen molar-refractivity contribution in [3.63, 3.8) is 0 Å². The molecule has 0 aromatic heterocycles. The lowest BCUT2D eigenvalue weighted by Crippen LogP contribution is -2.15. The topological polar surface area (TPSA) is 29.5 Å². The smallest absolute Gasteiger partial charge is 0.270 e. The van der Waals surface area contributed by atoms with Gasteiger partial charge in [0.15, 0.2) is 11.6 Å². The minimum Gasteiger partial charge on any atom is -0.493 e. The standard InChI is InChI=1S/C13H15F3O2/c1-12(15,16)9-5-8(7-13(17)3-4-13)11(18-2)10(14)6-9/h5-6,17H,3-4,7H2,1-2H3. The molecule has 0 atom stereocenters. The molecule has 0 amide bonds. The summed E-state index contributed by atoms with van der Waals surface area (Å²) in [5.41, 5.74) is -1.00. The van der Waals surface area contributed by atoms with E-state index in [4.69, 9.17) is 4.74 Å². The van der Waals surface area contributed by atoms with Gasteiger partial charge in [0.1, 0.15) is 0 Å². The van der Waals surface area contributed by atoms with Gasteiger partial charge in [0.05, 0.1) is 12.7 Å². The van der Waals surface area contributed by atoms with Crippen LogP contribution in [0, 0.1) is 5.82 Å². The van der Waals surface area contributed by atoms with Gasteiger partial charge in [0, 0.05) is 24.5 Å². The highest BCUT2D eigenvalue weighted by atomic mass is 19.3. The molecular weight excluding hydrogens is 245 g/mol. The second kappa shape index (κ2) is 4.16. The Balaban J connectivity index is 2.43. The van der Waals surface area contributed by atoms with Crippen molar-refractivity contribution < 1.29 is 23.0 Å². The van der Waals surface area contributed by atoms with Crippen LogP contribution in [0.15, 0.2) is 12.1 Å². The van der Waals surface area contributed by atoms with Gasteiger partial charge < -0.3 is 9.84 Å². The van der Waals surface area contributed by atoms with E-state index in [1.165, 1.54) is 13.2 Å². The molecule has 1 aromatic carbocycles. The quantitative estimate of drug-likeness (QED) is 0.901. The highest BCUT2D eigenvalue weighted by molar-refractivity contribution is 5.41. The molecule has 100 valence electrons. The lowest BCUT2D eigenvalue weighted by Gasteiger charge is -2.17. The Morgan fingerprint density at radius 2 is 2.00 bits per heavy atom. The number of methoxy groups -OCH3 is 1. The average Bonchev–Trinajstić information content (AvgIpc) is 2.94. The van der Waals surface area contributed by atoms with Crippen molar-refractivity contribution >= 4 is 0 Å². The molecule has 1 aromatic rings. The molecule has 1 N–H and O–H groups in total. The normalized spacial score (nSPS) is 17.7. The fourth-order valence-electron chi connectivity index (χ4n) is 1.94. The van der Waals surface area contributed by atoms with E-state index in [1.807, 2.05) is 0 Å². The van der Waals surface area contributed by atoms with Crippen molar-refractivity contribution in [2.75, 3.05) is 7.11 Å². The van der Waals surface area contributed by atoms with E-state index in [9.17, 15) is 18.3 Å². The van der Waals surface area contributed by atoms with Crippen LogP contribution >= 0.6 is 0 Å². The second-order valence-electron chi connectivity index (χ2n) is 4.94. The van der Waals surface area contributed by atoms with Gasteiger partial charge in [-0.25, -0.2) is 13.2 Å². The molecule has 2 rings (SSSR count). The van der Waals surface area contributed by atoms with Crippen molar-refractivity contribution in [1.29, 1.82) is 0 Å². The predicted octanol–water partition coefficient (Wildman–Crippen LogP) is 3.01. The third-order valence-electron chi connectivity index (χ3n) is 3.18. The number of halogens is 3. The van der Waals surface area contributed by atoms with E-state index in [-0.39, 0.29) is 17.7 Å². The number of hydrogen-bond acceptors (Lipinski definition) is 2. The molecule has 0 unspecified atom stereocenters. The molecule has 18 heavy (non-hydrogen) atoms. The lowest BCUT2D eigenvalue weighted by molar-refractivity contribution is 0.0169. The fourth-order valence-corrected chi connectivity index (χ4v) is 1.94. The summed E-state index contributed by atoms with van der Waals surface area (Å²) < 4.78 is 45.0. The van der Waals surface area contributed by atoms with Crippen LogP contribution in [0.5, 0.6) is 5.75 Å². The number of ether oxygens (including phenoxy) is 1. The van der Waals surface area contributed by atoms with E-state index in [0.29, 0.717) is 19.8 Å². The summed E-state index contributed by atoms with van der Waals surface area (Å²) in [4.78, 5) is 0. The maximum absolute atomic E-state index is 13.7. The second-order valence-corrected chi connectivity index (χ2v) is 4.94. The summed E-state index contributed by atoms with van der Waals surface area (Å²) in [6, 6.07) is 1.98. The first-order chi connectivity index (χ1) is 8.25. The number of hydrogen-bond donors (Lipinski definition) is 1. The van der Waals surface area contributed by atoms with Crippen LogP contribution in [0.1, 0.15) is 30.9 Å². The van der Waals surface area contributed by atoms with Crippen molar-refractivity contribution in [3.8, 4) is 5.75 Å². The van der Waals surface area contributed by atoms with E-state index < -0.39 is 22.9 Å². The maximum Gasteiger partial charge on any atom is 0.270 e. The molecule has 5 heteroatoms. The van der Waals surface area contributed by atoms with Crippen LogP contribution < -0.4 is 4.74 Å². The van der Waals surface area contributed by atoms with Gasteiger partial charge in [-0.3, -0.25) is 0 Å². The lowest BCUT2D eigenvalue weighted by atomic mass is 9.99. The summed E-state index contributed by atoms with van der Waals surface area (Å²) in [6.07, 6.45) is 1.34. The number of aliphatic hydroxyl groups is 1. The van der Waals surface area contributed by atoms with Crippen LogP contribution in [-0.4, -0.2) is 17.8 Å². The number of benzene rings is 1. The Bertz CT molecular complexity index is 462. The van der Waals surface area contributed by atoms with Crippen molar-refractivity contribution in [3.05, 3.63) is 29.1 Å². The minimum absolute atomic E-state index is 0.0664. The van der Waals surface area contributed by atoms with Crippen LogP contribution in [0.25, 0.3) is 0 Å². The summed E-state index contributed by atoms with van der Waals surface area (Å²) in [5, 5.41) is 9.82. The highest BCUT2D eigenvalue weighted by Gasteiger charge is 2.41. The summed E-state index contributed by atoms with van der Waals surface area (Å²) in [5.74, 6) is -4.01. The molecule has 1 fully saturated rings. The van der Waals surface area contributed by atoms with Crippen LogP contribution in [0.4, 0.5) is 13.2 Å². The predicted molar refractivity (Wildman–Crippen MR) is 60.4 cm³/mol. The van der Waals surface area contributed by atoms with Gasteiger partial charge in [-0.15, -0.1) is 0 Å². The Morgan fingerprint density at radius 3 is 2.44 bits per heavy atom. The highest BCUT2D eigenvalue weighted by Crippen LogP contribution is 2.42. The van der Waals surface area contributed by atoms with E-state index in [2.05, 4.69) is 0 Å². The largest absolute Gasteiger partial charge is 0.493 e. The minimum atomic E-state index is -3.12. The zero-order chi connectivity index (χ0) is 13.6. The molecule has 0 radical (unpaired) electrons. The van der Waals surface area contributed by atoms with Gasteiger partial charge in [0.25, 0.3) is 5.92 Å². The molecule has 0 saturated heterocycles. The molecule has 0 spiro atoms. The van der Waals surface area contributed by atoms with Crippen LogP contribution in [0.3, 0.4) is 0 Å². The Hall–Kier alpha value is -1.23. The molecular formula is C13H15F3O2. The van der Waals surface area contributed by atoms with Crippen LogP contribution in [-0.2, 0) is 12.3 Å². The first-order valence-electron chi connectivity index (χ1n) is 5.72. The van der Waals surface area contributed by atoms with Crippen molar-refractivity contribution in [2.45, 2.75) is 37.7 Å². The molecule has 1 saturated carbocycles. The van der Waals surface area contributed by atoms with Crippen molar-refractivity contribution in [1.82, 2.24) is 0 Å². The molecule has 1 aliphatic rings. The molecule has 0 bridgehead atoms. The third kappa shape index (κ3) is 2.61. The van der Waals surface area contributed by atoms with Gasteiger partial charge in [-0.05, 0) is 25.0 Å². The Kier molecular flexibility index (Phi) is 3.05. The Morgan fingerprint density at radius 1 is 1.39 bits per heavy atom. The van der Waals surface area contributed by atoms with Crippen molar-refractivity contribution in [2.24, 2.45) is 0 Å². The average molecular weight is 260 g/mol. The van der Waals surface area contributed by atoms with Gasteiger partial charge in [-0.1, -0.05) is 0 Å². The van der Waals surface area contributed by atoms with Gasteiger partial charge >= 0.3 is 0 Å². The SMILES string of the molecule is COc1c(F)cc(C(C)(F)F)cc1CC1(O)CC1. The maximum atomic E-state index is 13.7. The molecule has 0 aliphatic heterocycles. The molecule has 0 heterocycles. The van der Waals surface area contributed by atoms with E-state index in [1.54, 1.807) is 0 Å². The number of rotatable bonds is 4. The first-order valence-corrected chi connectivity index (χ1v) is 5.72. The zero-order valence-electron chi connectivity index (χ0n) is 10.3. The van der Waals surface area contributed by atoms with Gasteiger partial charge in [-0.2, -0.15) is 0 Å². The summed E-state index contributed by atoms with van der Waals surface area (Å²) in [7, 11) is 1.28. The Labute approximate surface area is 103 Å². The summed E-state index contributed by atoms with van der Waals surface area (Å²) in [6.45, 7) is 0.712. The van der Waals surface area contributed by atoms with Gasteiger partial charge in [0.2, 0.25) is 0 Å². The first kappa shape index (κ1) is 13.2.